The van der Waals surface area contributed by atoms with E-state index in [9.17, 15) is 4.79 Å². The summed E-state index contributed by atoms with van der Waals surface area (Å²) in [6.07, 6.45) is 9.37. The van der Waals surface area contributed by atoms with E-state index in [1.165, 1.54) is 44.9 Å². The number of hydrogen-bond acceptors (Lipinski definition) is 2. The zero-order valence-corrected chi connectivity index (χ0v) is 12.6. The van der Waals surface area contributed by atoms with E-state index in [0.717, 1.165) is 12.5 Å². The van der Waals surface area contributed by atoms with Crippen LogP contribution in [-0.2, 0) is 4.79 Å². The summed E-state index contributed by atoms with van der Waals surface area (Å²) in [5, 5.41) is 6.76. The van der Waals surface area contributed by atoms with Crippen molar-refractivity contribution in [2.24, 2.45) is 11.8 Å². The van der Waals surface area contributed by atoms with Crippen molar-refractivity contribution >= 4 is 5.91 Å². The highest BCUT2D eigenvalue weighted by molar-refractivity contribution is 5.77. The number of rotatable bonds is 3. The zero-order valence-electron chi connectivity index (χ0n) is 12.6. The molecule has 1 saturated carbocycles. The Kier molecular flexibility index (Phi) is 5.68. The van der Waals surface area contributed by atoms with Crippen LogP contribution >= 0.6 is 0 Å². The number of carbonyl (C=O) groups is 1. The fraction of sp³-hybridized carbons (Fsp3) is 0.938. The maximum absolute atomic E-state index is 12.2. The number of amides is 1. The minimum absolute atomic E-state index is 0.255. The van der Waals surface area contributed by atoms with Crippen LogP contribution in [0, 0.1) is 11.8 Å². The summed E-state index contributed by atoms with van der Waals surface area (Å²) < 4.78 is 0. The molecule has 0 radical (unpaired) electrons. The van der Waals surface area contributed by atoms with Gasteiger partial charge in [0.1, 0.15) is 0 Å². The number of nitrogens with one attached hydrogen (secondary N) is 2. The van der Waals surface area contributed by atoms with Gasteiger partial charge in [-0.3, -0.25) is 4.79 Å². The van der Waals surface area contributed by atoms with Crippen molar-refractivity contribution in [3.05, 3.63) is 0 Å². The molecule has 1 saturated heterocycles. The van der Waals surface area contributed by atoms with Crippen LogP contribution in [-0.4, -0.2) is 24.5 Å². The lowest BCUT2D eigenvalue weighted by molar-refractivity contribution is -0.122. The van der Waals surface area contributed by atoms with Crippen LogP contribution in [0.3, 0.4) is 0 Å². The Balaban J connectivity index is 1.74. The molecule has 1 heterocycles. The molecule has 1 amide bonds. The molecule has 2 aliphatic rings. The number of carbonyl (C=O) groups excluding carboxylic acids is 1. The molecule has 0 spiro atoms. The molecule has 4 atom stereocenters. The second-order valence-electron chi connectivity index (χ2n) is 6.76. The normalized spacial score (nSPS) is 36.5. The average molecular weight is 266 g/mol. The van der Waals surface area contributed by atoms with Gasteiger partial charge in [0.25, 0.3) is 0 Å². The molecule has 3 nitrogen and oxygen atoms in total. The lowest BCUT2D eigenvalue weighted by Gasteiger charge is -2.30. The zero-order chi connectivity index (χ0) is 13.7. The summed E-state index contributed by atoms with van der Waals surface area (Å²) in [6.45, 7) is 5.67. The molecule has 0 aromatic carbocycles. The van der Waals surface area contributed by atoms with Gasteiger partial charge in [0.2, 0.25) is 5.91 Å². The first-order chi connectivity index (χ1) is 9.15. The van der Waals surface area contributed by atoms with E-state index in [4.69, 9.17) is 0 Å². The van der Waals surface area contributed by atoms with Gasteiger partial charge in [0.05, 0.1) is 0 Å². The van der Waals surface area contributed by atoms with Crippen molar-refractivity contribution in [2.45, 2.75) is 77.3 Å². The Labute approximate surface area is 117 Å². The largest absolute Gasteiger partial charge is 0.353 e. The number of piperidine rings is 1. The van der Waals surface area contributed by atoms with Gasteiger partial charge >= 0.3 is 0 Å². The highest BCUT2D eigenvalue weighted by Crippen LogP contribution is 2.23. The van der Waals surface area contributed by atoms with E-state index < -0.39 is 0 Å². The molecule has 0 bridgehead atoms. The second kappa shape index (κ2) is 7.28. The van der Waals surface area contributed by atoms with Gasteiger partial charge in [-0.1, -0.05) is 26.7 Å². The van der Waals surface area contributed by atoms with E-state index >= 15 is 0 Å². The van der Waals surface area contributed by atoms with Crippen LogP contribution in [0.15, 0.2) is 0 Å². The van der Waals surface area contributed by atoms with Crippen LogP contribution in [0.2, 0.25) is 0 Å². The van der Waals surface area contributed by atoms with Crippen LogP contribution in [0.4, 0.5) is 0 Å². The van der Waals surface area contributed by atoms with Crippen LogP contribution in [0.25, 0.3) is 0 Å². The second-order valence-corrected chi connectivity index (χ2v) is 6.76. The van der Waals surface area contributed by atoms with Gasteiger partial charge < -0.3 is 10.6 Å². The molecular formula is C16H30N2O. The molecule has 110 valence electrons. The fourth-order valence-corrected chi connectivity index (χ4v) is 3.50. The highest BCUT2D eigenvalue weighted by atomic mass is 16.1. The summed E-state index contributed by atoms with van der Waals surface area (Å²) in [4.78, 5) is 12.2. The molecule has 19 heavy (non-hydrogen) atoms. The molecule has 1 aliphatic carbocycles. The lowest BCUT2D eigenvalue weighted by atomic mass is 9.90. The predicted molar refractivity (Wildman–Crippen MR) is 79.0 cm³/mol. The summed E-state index contributed by atoms with van der Waals surface area (Å²) in [5.74, 6) is 1.72. The quantitative estimate of drug-likeness (QED) is 0.771. The summed E-state index contributed by atoms with van der Waals surface area (Å²) >= 11 is 0. The third kappa shape index (κ3) is 4.79. The Morgan fingerprint density at radius 3 is 2.74 bits per heavy atom. The molecule has 4 unspecified atom stereocenters. The van der Waals surface area contributed by atoms with Gasteiger partial charge in [0.15, 0.2) is 0 Å². The third-order valence-corrected chi connectivity index (χ3v) is 4.96. The van der Waals surface area contributed by atoms with Crippen LogP contribution < -0.4 is 10.6 Å². The first-order valence-electron chi connectivity index (χ1n) is 8.18. The molecule has 3 heteroatoms. The minimum atomic E-state index is 0.255. The van der Waals surface area contributed by atoms with Gasteiger partial charge in [-0.2, -0.15) is 0 Å². The third-order valence-electron chi connectivity index (χ3n) is 4.96. The molecule has 2 N–H and O–H groups in total. The maximum Gasteiger partial charge on any atom is 0.221 e. The van der Waals surface area contributed by atoms with E-state index in [0.29, 0.717) is 24.4 Å². The van der Waals surface area contributed by atoms with E-state index in [1.54, 1.807) is 0 Å². The van der Waals surface area contributed by atoms with Crippen molar-refractivity contribution in [3.63, 3.8) is 0 Å². The van der Waals surface area contributed by atoms with Crippen molar-refractivity contribution in [1.82, 2.24) is 10.6 Å². The van der Waals surface area contributed by atoms with Crippen molar-refractivity contribution < 1.29 is 4.79 Å². The van der Waals surface area contributed by atoms with Crippen LogP contribution in [0.1, 0.15) is 65.2 Å². The molecule has 0 aromatic rings. The standard InChI is InChI=1S/C16H30N2O/c1-12-5-3-7-14(9-8-12)18-16(19)11-15-13(2)6-4-10-17-15/h12-15,17H,3-11H2,1-2H3,(H,18,19). The molecule has 2 fully saturated rings. The number of hydrogen-bond donors (Lipinski definition) is 2. The Morgan fingerprint density at radius 1 is 1.11 bits per heavy atom. The minimum Gasteiger partial charge on any atom is -0.353 e. The average Bonchev–Trinajstić information content (AvgIpc) is 2.57. The van der Waals surface area contributed by atoms with Crippen molar-refractivity contribution in [2.75, 3.05) is 6.54 Å². The van der Waals surface area contributed by atoms with Gasteiger partial charge in [-0.25, -0.2) is 0 Å². The first kappa shape index (κ1) is 14.8. The van der Waals surface area contributed by atoms with E-state index in [-0.39, 0.29) is 5.91 Å². The summed E-state index contributed by atoms with van der Waals surface area (Å²) in [6, 6.07) is 0.815. The Bertz CT molecular complexity index is 292. The maximum atomic E-state index is 12.2. The molecular weight excluding hydrogens is 236 g/mol. The smallest absolute Gasteiger partial charge is 0.221 e. The molecule has 1 aliphatic heterocycles. The fourth-order valence-electron chi connectivity index (χ4n) is 3.50. The van der Waals surface area contributed by atoms with Crippen molar-refractivity contribution in [1.29, 1.82) is 0 Å². The monoisotopic (exact) mass is 266 g/mol. The van der Waals surface area contributed by atoms with E-state index in [1.807, 2.05) is 0 Å². The lowest BCUT2D eigenvalue weighted by Crippen LogP contribution is -2.45. The highest BCUT2D eigenvalue weighted by Gasteiger charge is 2.24. The van der Waals surface area contributed by atoms with Crippen molar-refractivity contribution in [3.8, 4) is 0 Å². The predicted octanol–water partition coefficient (Wildman–Crippen LogP) is 2.85. The first-order valence-corrected chi connectivity index (χ1v) is 8.18. The molecule has 0 aromatic heterocycles. The van der Waals surface area contributed by atoms with Gasteiger partial charge in [-0.05, 0) is 50.5 Å². The summed E-state index contributed by atoms with van der Waals surface area (Å²) in [5.41, 5.74) is 0. The SMILES string of the molecule is CC1CCCC(NC(=O)CC2NCCCC2C)CC1. The Hall–Kier alpha value is -0.570. The topological polar surface area (TPSA) is 41.1 Å². The van der Waals surface area contributed by atoms with Gasteiger partial charge in [-0.15, -0.1) is 0 Å². The molecule has 2 rings (SSSR count). The van der Waals surface area contributed by atoms with Crippen LogP contribution in [0.5, 0.6) is 0 Å². The van der Waals surface area contributed by atoms with Gasteiger partial charge in [0, 0.05) is 18.5 Å². The Morgan fingerprint density at radius 2 is 1.95 bits per heavy atom. The summed E-state index contributed by atoms with van der Waals surface area (Å²) in [7, 11) is 0. The van der Waals surface area contributed by atoms with E-state index in [2.05, 4.69) is 24.5 Å².